The molecule has 1 N–H and O–H groups in total. The van der Waals surface area contributed by atoms with E-state index >= 15 is 0 Å². The van der Waals surface area contributed by atoms with Crippen molar-refractivity contribution in [2.24, 2.45) is 0 Å². The van der Waals surface area contributed by atoms with Crippen LogP contribution in [0.15, 0.2) is 42.5 Å². The minimum Gasteiger partial charge on any atom is -0.354 e. The van der Waals surface area contributed by atoms with Crippen LogP contribution in [-0.2, 0) is 0 Å². The summed E-state index contributed by atoms with van der Waals surface area (Å²) in [5, 5.41) is 2.61. The van der Waals surface area contributed by atoms with E-state index < -0.39 is 0 Å². The molecule has 1 fully saturated rings. The molecule has 2 aromatic rings. The number of nitrogens with one attached hydrogen (secondary N) is 1. The predicted octanol–water partition coefficient (Wildman–Crippen LogP) is 3.27. The van der Waals surface area contributed by atoms with Gasteiger partial charge in [-0.3, -0.25) is 9.69 Å². The number of benzene rings is 1. The second-order valence-electron chi connectivity index (χ2n) is 6.03. The van der Waals surface area contributed by atoms with Gasteiger partial charge in [0, 0.05) is 18.7 Å². The summed E-state index contributed by atoms with van der Waals surface area (Å²) in [6.07, 6.45) is 2.61. The zero-order chi connectivity index (χ0) is 16.2. The Morgan fingerprint density at radius 2 is 1.83 bits per heavy atom. The molecule has 1 saturated heterocycles. The van der Waals surface area contributed by atoms with Crippen LogP contribution in [-0.4, -0.2) is 35.9 Å². The van der Waals surface area contributed by atoms with Crippen LogP contribution in [0, 0.1) is 0 Å². The zero-order valence-corrected chi connectivity index (χ0v) is 13.7. The first-order chi connectivity index (χ1) is 11.2. The first-order valence-electron chi connectivity index (χ1n) is 8.22. The molecular formula is C19H23N3O. The molecule has 2 heterocycles. The second-order valence-corrected chi connectivity index (χ2v) is 6.03. The lowest BCUT2D eigenvalue weighted by Gasteiger charge is -2.24. The van der Waals surface area contributed by atoms with Gasteiger partial charge in [0.2, 0.25) is 0 Å². The second kappa shape index (κ2) is 6.92. The minimum absolute atomic E-state index is 0.161. The fraction of sp³-hybridized carbons (Fsp3) is 0.368. The first kappa shape index (κ1) is 15.7. The third-order valence-corrected chi connectivity index (χ3v) is 4.59. The van der Waals surface area contributed by atoms with Crippen molar-refractivity contribution in [3.8, 4) is 11.3 Å². The number of carbonyl (C=O) groups excluding carboxylic acids is 1. The maximum absolute atomic E-state index is 11.7. The van der Waals surface area contributed by atoms with E-state index in [-0.39, 0.29) is 5.91 Å². The van der Waals surface area contributed by atoms with Crippen molar-refractivity contribution >= 4 is 5.91 Å². The van der Waals surface area contributed by atoms with Gasteiger partial charge in [-0.15, -0.1) is 0 Å². The Hall–Kier alpha value is -2.20. The van der Waals surface area contributed by atoms with E-state index in [1.165, 1.54) is 31.5 Å². The van der Waals surface area contributed by atoms with Crippen LogP contribution in [0.4, 0.5) is 0 Å². The molecule has 120 valence electrons. The van der Waals surface area contributed by atoms with E-state index in [0.29, 0.717) is 11.7 Å². The van der Waals surface area contributed by atoms with Gasteiger partial charge < -0.3 is 5.32 Å². The van der Waals surface area contributed by atoms with Gasteiger partial charge in [0.05, 0.1) is 5.69 Å². The Labute approximate surface area is 137 Å². The summed E-state index contributed by atoms with van der Waals surface area (Å²) < 4.78 is 0. The highest BCUT2D eigenvalue weighted by molar-refractivity contribution is 5.92. The van der Waals surface area contributed by atoms with Gasteiger partial charge >= 0.3 is 0 Å². The van der Waals surface area contributed by atoms with Crippen molar-refractivity contribution in [3.05, 3.63) is 53.7 Å². The molecule has 1 aliphatic rings. The minimum atomic E-state index is -0.161. The van der Waals surface area contributed by atoms with Crippen molar-refractivity contribution in [1.82, 2.24) is 15.2 Å². The SMILES string of the molecule is CNC(=O)c1cccc(-c2ccc([C@H](C)N3CCCC3)cc2)n1. The van der Waals surface area contributed by atoms with Crippen LogP contribution < -0.4 is 5.32 Å². The molecule has 0 spiro atoms. The summed E-state index contributed by atoms with van der Waals surface area (Å²) in [5.74, 6) is -0.161. The fourth-order valence-corrected chi connectivity index (χ4v) is 3.12. The van der Waals surface area contributed by atoms with Crippen molar-refractivity contribution in [2.45, 2.75) is 25.8 Å². The molecule has 0 radical (unpaired) electrons. The number of amides is 1. The molecule has 0 saturated carbocycles. The van der Waals surface area contributed by atoms with Gasteiger partial charge in [0.15, 0.2) is 0 Å². The van der Waals surface area contributed by atoms with E-state index in [0.717, 1.165) is 11.3 Å². The van der Waals surface area contributed by atoms with E-state index in [1.54, 1.807) is 13.1 Å². The highest BCUT2D eigenvalue weighted by Crippen LogP contribution is 2.26. The quantitative estimate of drug-likeness (QED) is 0.943. The van der Waals surface area contributed by atoms with Gasteiger partial charge in [-0.1, -0.05) is 30.3 Å². The Morgan fingerprint density at radius 3 is 2.48 bits per heavy atom. The molecule has 3 rings (SSSR count). The third-order valence-electron chi connectivity index (χ3n) is 4.59. The number of rotatable bonds is 4. The van der Waals surface area contributed by atoms with Gasteiger partial charge in [-0.05, 0) is 50.6 Å². The summed E-state index contributed by atoms with van der Waals surface area (Å²) in [6.45, 7) is 4.65. The fourth-order valence-electron chi connectivity index (χ4n) is 3.12. The summed E-state index contributed by atoms with van der Waals surface area (Å²) in [4.78, 5) is 18.7. The van der Waals surface area contributed by atoms with Crippen LogP contribution >= 0.6 is 0 Å². The normalized spacial score (nSPS) is 16.3. The smallest absolute Gasteiger partial charge is 0.269 e. The van der Waals surface area contributed by atoms with Crippen molar-refractivity contribution in [2.75, 3.05) is 20.1 Å². The topological polar surface area (TPSA) is 45.2 Å². The Balaban J connectivity index is 1.80. The van der Waals surface area contributed by atoms with E-state index in [9.17, 15) is 4.79 Å². The molecule has 4 heteroatoms. The molecule has 1 aromatic carbocycles. The van der Waals surface area contributed by atoms with Gasteiger partial charge in [-0.25, -0.2) is 4.98 Å². The van der Waals surface area contributed by atoms with Gasteiger partial charge in [0.1, 0.15) is 5.69 Å². The maximum atomic E-state index is 11.7. The molecule has 1 aliphatic heterocycles. The average molecular weight is 309 g/mol. The standard InChI is InChI=1S/C19H23N3O/c1-14(22-12-3-4-13-22)15-8-10-16(11-9-15)17-6-5-7-18(21-17)19(23)20-2/h5-11,14H,3-4,12-13H2,1-2H3,(H,20,23)/t14-/m0/s1. The van der Waals surface area contributed by atoms with E-state index in [2.05, 4.69) is 46.4 Å². The molecule has 0 unspecified atom stereocenters. The molecule has 1 amide bonds. The van der Waals surface area contributed by atoms with Gasteiger partial charge in [-0.2, -0.15) is 0 Å². The summed E-state index contributed by atoms with van der Waals surface area (Å²) in [5.41, 5.74) is 3.64. The molecular weight excluding hydrogens is 286 g/mol. The number of nitrogens with zero attached hydrogens (tertiary/aromatic N) is 2. The molecule has 0 aliphatic carbocycles. The number of hydrogen-bond donors (Lipinski definition) is 1. The predicted molar refractivity (Wildman–Crippen MR) is 92.3 cm³/mol. The van der Waals surface area contributed by atoms with Crippen molar-refractivity contribution in [1.29, 1.82) is 0 Å². The lowest BCUT2D eigenvalue weighted by molar-refractivity contribution is 0.0958. The van der Waals surface area contributed by atoms with Crippen molar-refractivity contribution in [3.63, 3.8) is 0 Å². The highest BCUT2D eigenvalue weighted by atomic mass is 16.1. The number of likely N-dealkylation sites (tertiary alicyclic amines) is 1. The van der Waals surface area contributed by atoms with E-state index in [4.69, 9.17) is 0 Å². The summed E-state index contributed by atoms with van der Waals surface area (Å²) >= 11 is 0. The van der Waals surface area contributed by atoms with Crippen LogP contribution in [0.1, 0.15) is 41.9 Å². The highest BCUT2D eigenvalue weighted by Gasteiger charge is 2.19. The summed E-state index contributed by atoms with van der Waals surface area (Å²) in [6, 6.07) is 14.5. The van der Waals surface area contributed by atoms with Crippen LogP contribution in [0.5, 0.6) is 0 Å². The molecule has 23 heavy (non-hydrogen) atoms. The number of pyridine rings is 1. The molecule has 1 aromatic heterocycles. The first-order valence-corrected chi connectivity index (χ1v) is 8.22. The molecule has 0 bridgehead atoms. The van der Waals surface area contributed by atoms with E-state index in [1.807, 2.05) is 12.1 Å². The van der Waals surface area contributed by atoms with Crippen LogP contribution in [0.3, 0.4) is 0 Å². The Morgan fingerprint density at radius 1 is 1.13 bits per heavy atom. The number of carbonyl (C=O) groups is 1. The maximum Gasteiger partial charge on any atom is 0.269 e. The van der Waals surface area contributed by atoms with Crippen LogP contribution in [0.2, 0.25) is 0 Å². The van der Waals surface area contributed by atoms with Crippen LogP contribution in [0.25, 0.3) is 11.3 Å². The molecule has 4 nitrogen and oxygen atoms in total. The third kappa shape index (κ3) is 3.42. The zero-order valence-electron chi connectivity index (χ0n) is 13.7. The summed E-state index contributed by atoms with van der Waals surface area (Å²) in [7, 11) is 1.62. The number of hydrogen-bond acceptors (Lipinski definition) is 3. The molecule has 1 atom stereocenters. The Kier molecular flexibility index (Phi) is 4.72. The Bertz CT molecular complexity index is 675. The monoisotopic (exact) mass is 309 g/mol. The van der Waals surface area contributed by atoms with Crippen molar-refractivity contribution < 1.29 is 4.79 Å². The largest absolute Gasteiger partial charge is 0.354 e. The lowest BCUT2D eigenvalue weighted by Crippen LogP contribution is -2.23. The lowest BCUT2D eigenvalue weighted by atomic mass is 10.0. The average Bonchev–Trinajstić information content (AvgIpc) is 3.15. The number of aromatic nitrogens is 1. The van der Waals surface area contributed by atoms with Gasteiger partial charge in [0.25, 0.3) is 5.91 Å².